The molecule has 21 heavy (non-hydrogen) atoms. The number of rotatable bonds is 8. The summed E-state index contributed by atoms with van der Waals surface area (Å²) in [4.78, 5) is 25.7. The Hall–Kier alpha value is -1.06. The molecule has 0 spiro atoms. The van der Waals surface area contributed by atoms with Crippen molar-refractivity contribution < 1.29 is 14.3 Å². The molecule has 0 bridgehead atoms. The van der Waals surface area contributed by atoms with Crippen molar-refractivity contribution in [2.24, 2.45) is 11.8 Å². The smallest absolute Gasteiger partial charge is 0.325 e. The summed E-state index contributed by atoms with van der Waals surface area (Å²) in [6.07, 6.45) is 8.13. The van der Waals surface area contributed by atoms with Crippen LogP contribution in [0.5, 0.6) is 0 Å². The van der Waals surface area contributed by atoms with Gasteiger partial charge < -0.3 is 9.64 Å². The summed E-state index contributed by atoms with van der Waals surface area (Å²) in [5.41, 5.74) is 0. The van der Waals surface area contributed by atoms with E-state index in [9.17, 15) is 9.59 Å². The number of amides is 1. The van der Waals surface area contributed by atoms with Crippen molar-refractivity contribution in [1.82, 2.24) is 4.90 Å². The summed E-state index contributed by atoms with van der Waals surface area (Å²) in [6, 6.07) is 0. The number of esters is 1. The summed E-state index contributed by atoms with van der Waals surface area (Å²) in [5.74, 6) is 0.746. The van der Waals surface area contributed by atoms with Gasteiger partial charge in [0.1, 0.15) is 6.54 Å². The van der Waals surface area contributed by atoms with E-state index in [4.69, 9.17) is 4.74 Å². The zero-order valence-electron chi connectivity index (χ0n) is 13.9. The van der Waals surface area contributed by atoms with E-state index >= 15 is 0 Å². The minimum absolute atomic E-state index is 0.0962. The standard InChI is InChI=1S/C17H31NO3/c1-4-7-8-14-9-11-15(12-10-14)17(20)18(5-2)13-16(19)21-6-3/h14-15H,4-13H2,1-3H3. The molecule has 0 unspecified atom stereocenters. The Bertz CT molecular complexity index is 322. The van der Waals surface area contributed by atoms with Crippen LogP contribution in [0, 0.1) is 11.8 Å². The lowest BCUT2D eigenvalue weighted by molar-refractivity contribution is -0.150. The van der Waals surface area contributed by atoms with Crippen LogP contribution in [0.25, 0.3) is 0 Å². The van der Waals surface area contributed by atoms with Crippen LogP contribution in [0.4, 0.5) is 0 Å². The molecule has 0 heterocycles. The zero-order chi connectivity index (χ0) is 15.7. The molecule has 4 nitrogen and oxygen atoms in total. The molecule has 122 valence electrons. The largest absolute Gasteiger partial charge is 0.465 e. The van der Waals surface area contributed by atoms with E-state index in [1.54, 1.807) is 11.8 Å². The summed E-state index contributed by atoms with van der Waals surface area (Å²) in [6.45, 7) is 6.97. The third-order valence-electron chi connectivity index (χ3n) is 4.48. The fourth-order valence-corrected chi connectivity index (χ4v) is 3.16. The van der Waals surface area contributed by atoms with Crippen molar-refractivity contribution in [3.05, 3.63) is 0 Å². The van der Waals surface area contributed by atoms with Gasteiger partial charge in [0.2, 0.25) is 5.91 Å². The van der Waals surface area contributed by atoms with Gasteiger partial charge in [0.25, 0.3) is 0 Å². The van der Waals surface area contributed by atoms with Crippen molar-refractivity contribution in [2.75, 3.05) is 19.7 Å². The molecule has 1 aliphatic carbocycles. The second-order valence-corrected chi connectivity index (χ2v) is 6.02. The topological polar surface area (TPSA) is 46.6 Å². The van der Waals surface area contributed by atoms with Crippen molar-refractivity contribution in [3.63, 3.8) is 0 Å². The Morgan fingerprint density at radius 2 is 1.76 bits per heavy atom. The molecule has 0 atom stereocenters. The van der Waals surface area contributed by atoms with Crippen molar-refractivity contribution >= 4 is 11.9 Å². The van der Waals surface area contributed by atoms with Crippen LogP contribution in [0.1, 0.15) is 65.7 Å². The Morgan fingerprint density at radius 3 is 2.29 bits per heavy atom. The quantitative estimate of drug-likeness (QED) is 0.645. The van der Waals surface area contributed by atoms with Crippen LogP contribution in [0.3, 0.4) is 0 Å². The maximum absolute atomic E-state index is 12.5. The number of carbonyl (C=O) groups excluding carboxylic acids is 2. The van der Waals surface area contributed by atoms with E-state index in [2.05, 4.69) is 6.92 Å². The lowest BCUT2D eigenvalue weighted by Crippen LogP contribution is -2.41. The van der Waals surface area contributed by atoms with Gasteiger partial charge >= 0.3 is 5.97 Å². The van der Waals surface area contributed by atoms with Crippen molar-refractivity contribution in [2.45, 2.75) is 65.7 Å². The molecule has 0 aromatic carbocycles. The molecule has 0 aromatic rings. The number of hydrogen-bond donors (Lipinski definition) is 0. The van der Waals surface area contributed by atoms with Gasteiger partial charge in [-0.15, -0.1) is 0 Å². The lowest BCUT2D eigenvalue weighted by Gasteiger charge is -2.31. The van der Waals surface area contributed by atoms with Gasteiger partial charge in [-0.25, -0.2) is 0 Å². The molecule has 0 aliphatic heterocycles. The Kier molecular flexibility index (Phi) is 8.40. The van der Waals surface area contributed by atoms with E-state index in [0.717, 1.165) is 31.6 Å². The first-order valence-corrected chi connectivity index (χ1v) is 8.56. The Balaban J connectivity index is 2.41. The van der Waals surface area contributed by atoms with Crippen LogP contribution in [0.2, 0.25) is 0 Å². The normalized spacial score (nSPS) is 21.9. The SMILES string of the molecule is CCCCC1CCC(C(=O)N(CC)CC(=O)OCC)CC1. The molecule has 0 saturated heterocycles. The van der Waals surface area contributed by atoms with E-state index in [1.807, 2.05) is 6.92 Å². The second kappa shape index (κ2) is 9.80. The lowest BCUT2D eigenvalue weighted by atomic mass is 9.79. The highest BCUT2D eigenvalue weighted by Crippen LogP contribution is 2.32. The van der Waals surface area contributed by atoms with Crippen molar-refractivity contribution in [3.8, 4) is 0 Å². The van der Waals surface area contributed by atoms with E-state index < -0.39 is 0 Å². The summed E-state index contributed by atoms with van der Waals surface area (Å²) in [7, 11) is 0. The van der Waals surface area contributed by atoms with Gasteiger partial charge in [-0.1, -0.05) is 26.2 Å². The molecule has 1 amide bonds. The number of carbonyl (C=O) groups is 2. The molecule has 4 heteroatoms. The molecule has 0 aromatic heterocycles. The first-order valence-electron chi connectivity index (χ1n) is 8.56. The Morgan fingerprint density at radius 1 is 1.10 bits per heavy atom. The first kappa shape index (κ1) is 18.0. The van der Waals surface area contributed by atoms with Gasteiger partial charge in [0.15, 0.2) is 0 Å². The second-order valence-electron chi connectivity index (χ2n) is 6.02. The molecule has 0 radical (unpaired) electrons. The average Bonchev–Trinajstić information content (AvgIpc) is 2.50. The highest BCUT2D eigenvalue weighted by molar-refractivity contribution is 5.83. The number of likely N-dealkylation sites (N-methyl/N-ethyl adjacent to an activating group) is 1. The summed E-state index contributed by atoms with van der Waals surface area (Å²) < 4.78 is 4.94. The predicted molar refractivity (Wildman–Crippen MR) is 83.9 cm³/mol. The summed E-state index contributed by atoms with van der Waals surface area (Å²) in [5, 5.41) is 0. The molecular weight excluding hydrogens is 266 g/mol. The van der Waals surface area contributed by atoms with Gasteiger partial charge in [0.05, 0.1) is 6.61 Å². The molecular formula is C17H31NO3. The molecule has 1 rings (SSSR count). The minimum Gasteiger partial charge on any atom is -0.465 e. The van der Waals surface area contributed by atoms with Gasteiger partial charge in [-0.05, 0) is 45.4 Å². The van der Waals surface area contributed by atoms with E-state index in [0.29, 0.717) is 13.2 Å². The van der Waals surface area contributed by atoms with Crippen LogP contribution >= 0.6 is 0 Å². The number of ether oxygens (including phenoxy) is 1. The molecule has 1 fully saturated rings. The van der Waals surface area contributed by atoms with Crippen LogP contribution in [-0.2, 0) is 14.3 Å². The first-order chi connectivity index (χ1) is 10.1. The van der Waals surface area contributed by atoms with Crippen LogP contribution in [0.15, 0.2) is 0 Å². The number of hydrogen-bond acceptors (Lipinski definition) is 3. The average molecular weight is 297 g/mol. The maximum Gasteiger partial charge on any atom is 0.325 e. The minimum atomic E-state index is -0.302. The highest BCUT2D eigenvalue weighted by Gasteiger charge is 2.29. The molecule has 0 N–H and O–H groups in total. The highest BCUT2D eigenvalue weighted by atomic mass is 16.5. The maximum atomic E-state index is 12.5. The van der Waals surface area contributed by atoms with Crippen LogP contribution in [-0.4, -0.2) is 36.5 Å². The van der Waals surface area contributed by atoms with Crippen LogP contribution < -0.4 is 0 Å². The monoisotopic (exact) mass is 297 g/mol. The molecule has 1 saturated carbocycles. The number of unbranched alkanes of at least 4 members (excludes halogenated alkanes) is 1. The third kappa shape index (κ3) is 6.06. The fourth-order valence-electron chi connectivity index (χ4n) is 3.16. The van der Waals surface area contributed by atoms with E-state index in [-0.39, 0.29) is 24.3 Å². The molecule has 1 aliphatic rings. The van der Waals surface area contributed by atoms with Gasteiger partial charge in [-0.3, -0.25) is 9.59 Å². The summed E-state index contributed by atoms with van der Waals surface area (Å²) >= 11 is 0. The predicted octanol–water partition coefficient (Wildman–Crippen LogP) is 3.39. The fraction of sp³-hybridized carbons (Fsp3) is 0.882. The third-order valence-corrected chi connectivity index (χ3v) is 4.48. The number of nitrogens with zero attached hydrogens (tertiary/aromatic N) is 1. The Labute approximate surface area is 129 Å². The zero-order valence-corrected chi connectivity index (χ0v) is 13.9. The van der Waals surface area contributed by atoms with Gasteiger partial charge in [-0.2, -0.15) is 0 Å². The van der Waals surface area contributed by atoms with Gasteiger partial charge in [0, 0.05) is 12.5 Å². The van der Waals surface area contributed by atoms with Crippen molar-refractivity contribution in [1.29, 1.82) is 0 Å². The van der Waals surface area contributed by atoms with E-state index in [1.165, 1.54) is 19.3 Å².